The minimum atomic E-state index is -0.533. The topological polar surface area (TPSA) is 58.6 Å². The Morgan fingerprint density at radius 1 is 1.10 bits per heavy atom. The lowest BCUT2D eigenvalue weighted by atomic mass is 10.1. The summed E-state index contributed by atoms with van der Waals surface area (Å²) in [5, 5.41) is 2.98. The molecule has 5 nitrogen and oxygen atoms in total. The zero-order valence-electron chi connectivity index (χ0n) is 18.0. The molecule has 1 N–H and O–H groups in total. The molecule has 0 aliphatic rings. The smallest absolute Gasteiger partial charge is 0.261 e. The number of unbranched alkanes of at least 4 members (excludes halogenated alkanes) is 1. The van der Waals surface area contributed by atoms with E-state index in [9.17, 15) is 9.59 Å². The van der Waals surface area contributed by atoms with E-state index < -0.39 is 6.04 Å². The molecule has 2 amide bonds. The number of halogens is 1. The van der Waals surface area contributed by atoms with Crippen molar-refractivity contribution in [2.75, 3.05) is 13.2 Å². The maximum atomic E-state index is 13.2. The first kappa shape index (κ1) is 24.2. The quantitative estimate of drug-likeness (QED) is 0.344. The lowest BCUT2D eigenvalue weighted by molar-refractivity contribution is -0.143. The van der Waals surface area contributed by atoms with Crippen LogP contribution in [0.3, 0.4) is 0 Å². The molecule has 0 aliphatic heterocycles. The van der Waals surface area contributed by atoms with Crippen molar-refractivity contribution in [1.82, 2.24) is 10.2 Å². The van der Waals surface area contributed by atoms with Gasteiger partial charge in [-0.05, 0) is 77.7 Å². The predicted molar refractivity (Wildman–Crippen MR) is 128 cm³/mol. The van der Waals surface area contributed by atoms with Gasteiger partial charge in [-0.15, -0.1) is 0 Å². The summed E-state index contributed by atoms with van der Waals surface area (Å²) in [5.41, 5.74) is 2.12. The summed E-state index contributed by atoms with van der Waals surface area (Å²) < 4.78 is 6.82. The van der Waals surface area contributed by atoms with Gasteiger partial charge in [0.15, 0.2) is 6.61 Å². The van der Waals surface area contributed by atoms with Gasteiger partial charge < -0.3 is 15.0 Å². The van der Waals surface area contributed by atoms with Crippen LogP contribution in [0.5, 0.6) is 5.75 Å². The van der Waals surface area contributed by atoms with E-state index >= 15 is 0 Å². The van der Waals surface area contributed by atoms with Gasteiger partial charge in [-0.1, -0.05) is 44.5 Å². The van der Waals surface area contributed by atoms with Crippen LogP contribution < -0.4 is 10.1 Å². The number of ether oxygens (including phenoxy) is 1. The molecule has 6 heteroatoms. The molecule has 0 aromatic heterocycles. The molecule has 2 rings (SSSR count). The fourth-order valence-corrected chi connectivity index (χ4v) is 3.52. The van der Waals surface area contributed by atoms with Gasteiger partial charge in [-0.25, -0.2) is 0 Å². The average Bonchev–Trinajstić information content (AvgIpc) is 2.74. The summed E-state index contributed by atoms with van der Waals surface area (Å²) in [7, 11) is 0. The molecule has 0 saturated carbocycles. The molecule has 0 saturated heterocycles. The van der Waals surface area contributed by atoms with Crippen LogP contribution >= 0.6 is 22.6 Å². The van der Waals surface area contributed by atoms with E-state index in [0.717, 1.165) is 27.5 Å². The fourth-order valence-electron chi connectivity index (χ4n) is 3.16. The van der Waals surface area contributed by atoms with Crippen molar-refractivity contribution in [3.63, 3.8) is 0 Å². The number of rotatable bonds is 11. The van der Waals surface area contributed by atoms with Gasteiger partial charge >= 0.3 is 0 Å². The predicted octanol–water partition coefficient (Wildman–Crippen LogP) is 4.70. The third-order valence-corrected chi connectivity index (χ3v) is 5.71. The second kappa shape index (κ2) is 12.6. The SMILES string of the molecule is CCCCNC(=O)C(CC)N(Cc1ccccc1C)C(=O)COc1ccc(I)cc1. The highest BCUT2D eigenvalue weighted by atomic mass is 127. The van der Waals surface area contributed by atoms with Crippen molar-refractivity contribution in [3.8, 4) is 5.75 Å². The van der Waals surface area contributed by atoms with Crippen LogP contribution in [0.4, 0.5) is 0 Å². The van der Waals surface area contributed by atoms with Crippen LogP contribution in [0, 0.1) is 10.5 Å². The largest absolute Gasteiger partial charge is 0.484 e. The lowest BCUT2D eigenvalue weighted by Crippen LogP contribution is -2.50. The Kier molecular flexibility index (Phi) is 10.1. The molecular formula is C24H31IN2O3. The van der Waals surface area contributed by atoms with Gasteiger partial charge in [0.25, 0.3) is 5.91 Å². The van der Waals surface area contributed by atoms with Crippen molar-refractivity contribution in [1.29, 1.82) is 0 Å². The third kappa shape index (κ3) is 7.31. The summed E-state index contributed by atoms with van der Waals surface area (Å²) in [6, 6.07) is 15.0. The number of carbonyl (C=O) groups is 2. The van der Waals surface area contributed by atoms with Gasteiger partial charge in [-0.2, -0.15) is 0 Å². The molecular weight excluding hydrogens is 491 g/mol. The molecule has 30 heavy (non-hydrogen) atoms. The number of carbonyl (C=O) groups excluding carboxylic acids is 2. The second-order valence-electron chi connectivity index (χ2n) is 7.26. The van der Waals surface area contributed by atoms with E-state index in [1.54, 1.807) is 4.90 Å². The minimum Gasteiger partial charge on any atom is -0.484 e. The maximum Gasteiger partial charge on any atom is 0.261 e. The molecule has 1 unspecified atom stereocenters. The van der Waals surface area contributed by atoms with Crippen LogP contribution in [0.2, 0.25) is 0 Å². The maximum absolute atomic E-state index is 13.2. The lowest BCUT2D eigenvalue weighted by Gasteiger charge is -2.31. The Labute approximate surface area is 193 Å². The minimum absolute atomic E-state index is 0.106. The number of amides is 2. The summed E-state index contributed by atoms with van der Waals surface area (Å²) in [6.07, 6.45) is 2.47. The second-order valence-corrected chi connectivity index (χ2v) is 8.50. The van der Waals surface area contributed by atoms with Crippen LogP contribution in [-0.2, 0) is 16.1 Å². The van der Waals surface area contributed by atoms with E-state index in [1.165, 1.54) is 0 Å². The van der Waals surface area contributed by atoms with Crippen LogP contribution in [0.15, 0.2) is 48.5 Å². The number of nitrogens with zero attached hydrogens (tertiary/aromatic N) is 1. The molecule has 0 aliphatic carbocycles. The number of nitrogens with one attached hydrogen (secondary N) is 1. The highest BCUT2D eigenvalue weighted by Gasteiger charge is 2.29. The van der Waals surface area contributed by atoms with E-state index in [0.29, 0.717) is 25.3 Å². The van der Waals surface area contributed by atoms with E-state index in [-0.39, 0.29) is 18.4 Å². The average molecular weight is 522 g/mol. The van der Waals surface area contributed by atoms with Crippen molar-refractivity contribution in [3.05, 3.63) is 63.2 Å². The molecule has 1 atom stereocenters. The van der Waals surface area contributed by atoms with Crippen LogP contribution in [-0.4, -0.2) is 35.9 Å². The third-order valence-electron chi connectivity index (χ3n) is 4.99. The Bertz CT molecular complexity index is 823. The Morgan fingerprint density at radius 3 is 2.43 bits per heavy atom. The summed E-state index contributed by atoms with van der Waals surface area (Å²) in [5.74, 6) is 0.330. The summed E-state index contributed by atoms with van der Waals surface area (Å²) >= 11 is 2.22. The highest BCUT2D eigenvalue weighted by Crippen LogP contribution is 2.17. The van der Waals surface area contributed by atoms with E-state index in [2.05, 4.69) is 34.8 Å². The van der Waals surface area contributed by atoms with Gasteiger partial charge in [0.2, 0.25) is 5.91 Å². The van der Waals surface area contributed by atoms with Crippen molar-refractivity contribution in [2.24, 2.45) is 0 Å². The van der Waals surface area contributed by atoms with Crippen molar-refractivity contribution >= 4 is 34.4 Å². The van der Waals surface area contributed by atoms with Crippen molar-refractivity contribution in [2.45, 2.75) is 52.6 Å². The molecule has 162 valence electrons. The summed E-state index contributed by atoms with van der Waals surface area (Å²) in [6.45, 7) is 6.92. The van der Waals surface area contributed by atoms with E-state index in [1.807, 2.05) is 62.4 Å². The normalized spacial score (nSPS) is 11.6. The molecule has 0 bridgehead atoms. The number of hydrogen-bond acceptors (Lipinski definition) is 3. The van der Waals surface area contributed by atoms with Gasteiger partial charge in [0.1, 0.15) is 11.8 Å². The number of aryl methyl sites for hydroxylation is 1. The first-order valence-corrected chi connectivity index (χ1v) is 11.5. The molecule has 2 aromatic rings. The monoisotopic (exact) mass is 522 g/mol. The molecule has 0 radical (unpaired) electrons. The number of benzene rings is 2. The van der Waals surface area contributed by atoms with Crippen molar-refractivity contribution < 1.29 is 14.3 Å². The Morgan fingerprint density at radius 2 is 1.80 bits per heavy atom. The first-order chi connectivity index (χ1) is 14.5. The molecule has 0 heterocycles. The van der Waals surface area contributed by atoms with Crippen LogP contribution in [0.1, 0.15) is 44.2 Å². The molecule has 0 spiro atoms. The van der Waals surface area contributed by atoms with Crippen LogP contribution in [0.25, 0.3) is 0 Å². The highest BCUT2D eigenvalue weighted by molar-refractivity contribution is 14.1. The standard InChI is InChI=1S/C24H31IN2O3/c1-4-6-15-26-24(29)22(5-2)27(16-19-10-8-7-9-18(19)3)23(28)17-30-21-13-11-20(25)12-14-21/h7-14,22H,4-6,15-17H2,1-3H3,(H,26,29). The number of hydrogen-bond donors (Lipinski definition) is 1. The van der Waals surface area contributed by atoms with Gasteiger partial charge in [0.05, 0.1) is 0 Å². The molecule has 0 fully saturated rings. The summed E-state index contributed by atoms with van der Waals surface area (Å²) in [4.78, 5) is 27.6. The Hall–Kier alpha value is -2.09. The van der Waals surface area contributed by atoms with E-state index in [4.69, 9.17) is 4.74 Å². The van der Waals surface area contributed by atoms with Gasteiger partial charge in [-0.3, -0.25) is 9.59 Å². The van der Waals surface area contributed by atoms with Gasteiger partial charge in [0, 0.05) is 16.7 Å². The zero-order chi connectivity index (χ0) is 21.9. The molecule has 2 aromatic carbocycles. The zero-order valence-corrected chi connectivity index (χ0v) is 20.1. The Balaban J connectivity index is 2.17. The first-order valence-electron chi connectivity index (χ1n) is 10.5. The fraction of sp³-hybridized carbons (Fsp3) is 0.417.